The van der Waals surface area contributed by atoms with Crippen LogP contribution in [0.2, 0.25) is 0 Å². The summed E-state index contributed by atoms with van der Waals surface area (Å²) in [6.07, 6.45) is 13.3. The molecule has 2 heterocycles. The van der Waals surface area contributed by atoms with E-state index in [1.165, 1.54) is 55.5 Å². The van der Waals surface area contributed by atoms with E-state index < -0.39 is 0 Å². The third-order valence-electron chi connectivity index (χ3n) is 4.09. The maximum atomic E-state index is 4.60. The van der Waals surface area contributed by atoms with Crippen LogP contribution in [0.4, 0.5) is 5.69 Å². The van der Waals surface area contributed by atoms with Crippen LogP contribution >= 0.6 is 11.9 Å². The van der Waals surface area contributed by atoms with Gasteiger partial charge < -0.3 is 4.90 Å². The second kappa shape index (κ2) is 5.95. The van der Waals surface area contributed by atoms with Crippen LogP contribution < -0.4 is 4.90 Å². The van der Waals surface area contributed by atoms with Gasteiger partial charge in [-0.3, -0.25) is 4.98 Å². The van der Waals surface area contributed by atoms with Gasteiger partial charge in [0.2, 0.25) is 0 Å². The number of nitrogens with zero attached hydrogens (tertiary/aromatic N) is 3. The average molecular weight is 275 g/mol. The Morgan fingerprint density at radius 1 is 1.16 bits per heavy atom. The Bertz CT molecular complexity index is 464. The van der Waals surface area contributed by atoms with Crippen LogP contribution in [0.5, 0.6) is 0 Å². The Labute approximate surface area is 119 Å². The predicted octanol–water partition coefficient (Wildman–Crippen LogP) is 4.44. The molecule has 0 saturated heterocycles. The van der Waals surface area contributed by atoms with E-state index in [0.717, 1.165) is 5.84 Å². The number of fused-ring (bicyclic) bond motifs is 1. The molecular weight excluding hydrogens is 254 g/mol. The van der Waals surface area contributed by atoms with Gasteiger partial charge in [-0.05, 0) is 25.8 Å². The monoisotopic (exact) mass is 275 g/mol. The van der Waals surface area contributed by atoms with Crippen LogP contribution in [0.15, 0.2) is 27.8 Å². The second-order valence-corrected chi connectivity index (χ2v) is 6.25. The summed E-state index contributed by atoms with van der Waals surface area (Å²) in [5, 5.41) is 0. The third-order valence-corrected chi connectivity index (χ3v) is 4.95. The quantitative estimate of drug-likeness (QED) is 0.709. The fraction of sp³-hybridized carbons (Fsp3) is 0.600. The number of pyridine rings is 1. The van der Waals surface area contributed by atoms with Crippen molar-refractivity contribution in [2.45, 2.75) is 62.8 Å². The molecule has 0 aromatic carbocycles. The predicted molar refractivity (Wildman–Crippen MR) is 81.8 cm³/mol. The molecule has 0 spiro atoms. The highest BCUT2D eigenvalue weighted by Crippen LogP contribution is 2.38. The zero-order valence-corrected chi connectivity index (χ0v) is 12.3. The lowest BCUT2D eigenvalue weighted by Crippen LogP contribution is -2.40. The van der Waals surface area contributed by atoms with E-state index in [2.05, 4.69) is 27.3 Å². The highest BCUT2D eigenvalue weighted by atomic mass is 32.2. The van der Waals surface area contributed by atoms with E-state index in [9.17, 15) is 0 Å². The normalized spacial score (nSPS) is 21.3. The van der Waals surface area contributed by atoms with Gasteiger partial charge in [-0.25, -0.2) is 0 Å². The second-order valence-electron chi connectivity index (χ2n) is 5.44. The summed E-state index contributed by atoms with van der Waals surface area (Å²) in [6.45, 7) is 2.13. The van der Waals surface area contributed by atoms with Crippen LogP contribution in [-0.4, -0.2) is 16.9 Å². The molecule has 1 aromatic heterocycles. The lowest BCUT2D eigenvalue weighted by molar-refractivity contribution is 0.451. The Balaban J connectivity index is 1.88. The number of aromatic nitrogens is 1. The van der Waals surface area contributed by atoms with Gasteiger partial charge in [-0.1, -0.05) is 32.1 Å². The van der Waals surface area contributed by atoms with Gasteiger partial charge in [-0.2, -0.15) is 4.40 Å². The summed E-state index contributed by atoms with van der Waals surface area (Å²) >= 11 is 1.56. The van der Waals surface area contributed by atoms with Crippen molar-refractivity contribution < 1.29 is 0 Å². The van der Waals surface area contributed by atoms with Gasteiger partial charge >= 0.3 is 0 Å². The number of amidine groups is 1. The Morgan fingerprint density at radius 2 is 1.89 bits per heavy atom. The Hall–Kier alpha value is -1.03. The standard InChI is InChI=1S/C15H21N3S/c1-12-17-19-15-11-16-10-9-14(15)18(12)13-7-5-3-2-4-6-8-13/h9-11,13H,2-8H2,1H3. The van der Waals surface area contributed by atoms with Crippen molar-refractivity contribution in [3.8, 4) is 0 Å². The van der Waals surface area contributed by atoms with Crippen LogP contribution in [-0.2, 0) is 0 Å². The van der Waals surface area contributed by atoms with Crippen molar-refractivity contribution in [1.29, 1.82) is 0 Å². The zero-order chi connectivity index (χ0) is 13.1. The summed E-state index contributed by atoms with van der Waals surface area (Å²) in [7, 11) is 0. The molecule has 1 aliphatic heterocycles. The van der Waals surface area contributed by atoms with Crippen LogP contribution in [0, 0.1) is 0 Å². The summed E-state index contributed by atoms with van der Waals surface area (Å²) in [5.41, 5.74) is 1.30. The first-order valence-corrected chi connectivity index (χ1v) is 8.08. The molecule has 2 aliphatic rings. The molecule has 0 atom stereocenters. The molecule has 4 heteroatoms. The van der Waals surface area contributed by atoms with Gasteiger partial charge in [0, 0.05) is 30.4 Å². The van der Waals surface area contributed by atoms with Gasteiger partial charge in [0.1, 0.15) is 5.84 Å². The minimum atomic E-state index is 0.617. The third kappa shape index (κ3) is 2.78. The molecule has 1 fully saturated rings. The summed E-state index contributed by atoms with van der Waals surface area (Å²) in [4.78, 5) is 7.87. The molecule has 1 aliphatic carbocycles. The SMILES string of the molecule is CC1=NSc2cnccc2N1C1CCCCCCC1. The Morgan fingerprint density at radius 3 is 2.68 bits per heavy atom. The maximum absolute atomic E-state index is 4.60. The molecule has 0 N–H and O–H groups in total. The fourth-order valence-corrected chi connectivity index (χ4v) is 3.82. The summed E-state index contributed by atoms with van der Waals surface area (Å²) in [6, 6.07) is 2.75. The van der Waals surface area contributed by atoms with Crippen molar-refractivity contribution in [1.82, 2.24) is 4.98 Å². The molecule has 19 heavy (non-hydrogen) atoms. The van der Waals surface area contributed by atoms with E-state index in [4.69, 9.17) is 0 Å². The number of anilines is 1. The first-order valence-electron chi connectivity index (χ1n) is 7.31. The number of rotatable bonds is 1. The molecule has 3 rings (SSSR count). The van der Waals surface area contributed by atoms with E-state index in [0.29, 0.717) is 6.04 Å². The van der Waals surface area contributed by atoms with Crippen LogP contribution in [0.25, 0.3) is 0 Å². The highest BCUT2D eigenvalue weighted by Gasteiger charge is 2.26. The lowest BCUT2D eigenvalue weighted by atomic mass is 9.95. The molecule has 3 nitrogen and oxygen atoms in total. The van der Waals surface area contributed by atoms with Gasteiger partial charge in [-0.15, -0.1) is 0 Å². The molecule has 102 valence electrons. The fourth-order valence-electron chi connectivity index (χ4n) is 3.13. The highest BCUT2D eigenvalue weighted by molar-refractivity contribution is 7.98. The number of hydrogen-bond acceptors (Lipinski definition) is 4. The van der Waals surface area contributed by atoms with Crippen molar-refractivity contribution in [3.63, 3.8) is 0 Å². The van der Waals surface area contributed by atoms with Crippen LogP contribution in [0.1, 0.15) is 51.9 Å². The lowest BCUT2D eigenvalue weighted by Gasteiger charge is -2.37. The molecule has 1 saturated carbocycles. The minimum absolute atomic E-state index is 0.617. The van der Waals surface area contributed by atoms with E-state index in [1.807, 2.05) is 12.4 Å². The van der Waals surface area contributed by atoms with Crippen molar-refractivity contribution >= 4 is 23.5 Å². The smallest absolute Gasteiger partial charge is 0.114 e. The van der Waals surface area contributed by atoms with Crippen LogP contribution in [0.3, 0.4) is 0 Å². The van der Waals surface area contributed by atoms with E-state index in [-0.39, 0.29) is 0 Å². The first kappa shape index (κ1) is 13.0. The average Bonchev–Trinajstić information content (AvgIpc) is 2.40. The minimum Gasteiger partial charge on any atom is -0.325 e. The van der Waals surface area contributed by atoms with Crippen molar-refractivity contribution in [2.24, 2.45) is 4.40 Å². The largest absolute Gasteiger partial charge is 0.325 e. The Kier molecular flexibility index (Phi) is 4.06. The van der Waals surface area contributed by atoms with E-state index >= 15 is 0 Å². The summed E-state index contributed by atoms with van der Waals surface area (Å²) < 4.78 is 4.60. The topological polar surface area (TPSA) is 28.5 Å². The van der Waals surface area contributed by atoms with Gasteiger partial charge in [0.25, 0.3) is 0 Å². The van der Waals surface area contributed by atoms with Gasteiger partial charge in [0.05, 0.1) is 10.6 Å². The molecule has 0 unspecified atom stereocenters. The maximum Gasteiger partial charge on any atom is 0.114 e. The summed E-state index contributed by atoms with van der Waals surface area (Å²) in [5.74, 6) is 1.15. The molecule has 1 aromatic rings. The van der Waals surface area contributed by atoms with Crippen molar-refractivity contribution in [2.75, 3.05) is 4.90 Å². The molecule has 0 radical (unpaired) electrons. The first-order chi connectivity index (χ1) is 9.36. The molecular formula is C15H21N3S. The van der Waals surface area contributed by atoms with E-state index in [1.54, 1.807) is 11.9 Å². The molecule has 0 amide bonds. The van der Waals surface area contributed by atoms with Crippen molar-refractivity contribution in [3.05, 3.63) is 18.5 Å². The number of hydrogen-bond donors (Lipinski definition) is 0. The molecule has 0 bridgehead atoms. The zero-order valence-electron chi connectivity index (χ0n) is 11.5. The van der Waals surface area contributed by atoms with Gasteiger partial charge in [0.15, 0.2) is 0 Å².